The Morgan fingerprint density at radius 2 is 1.64 bits per heavy atom. The van der Waals surface area contributed by atoms with E-state index in [1.807, 2.05) is 6.92 Å². The van der Waals surface area contributed by atoms with Gasteiger partial charge in [0.1, 0.15) is 22.4 Å². The van der Waals surface area contributed by atoms with Crippen molar-refractivity contribution in [1.82, 2.24) is 4.90 Å². The molecule has 14 atom stereocenters. The fourth-order valence-corrected chi connectivity index (χ4v) is 11.8. The fraction of sp³-hybridized carbons (Fsp3) is 0.906. The van der Waals surface area contributed by atoms with Crippen molar-refractivity contribution in [2.75, 3.05) is 13.1 Å². The summed E-state index contributed by atoms with van der Waals surface area (Å²) in [6.07, 6.45) is 2.30. The molecule has 0 radical (unpaired) electrons. The van der Waals surface area contributed by atoms with E-state index < -0.39 is 75.1 Å². The number of hydrogen-bond donors (Lipinski definition) is 6. The van der Waals surface area contributed by atoms with Crippen molar-refractivity contribution in [3.8, 4) is 0 Å². The lowest BCUT2D eigenvalue weighted by atomic mass is 9.49. The van der Waals surface area contributed by atoms with Crippen molar-refractivity contribution in [1.29, 1.82) is 0 Å². The van der Waals surface area contributed by atoms with Crippen LogP contribution in [0.3, 0.4) is 0 Å². The Bertz CT molecular complexity index is 1220. The van der Waals surface area contributed by atoms with Gasteiger partial charge in [-0.2, -0.15) is 0 Å². The van der Waals surface area contributed by atoms with Crippen LogP contribution in [0.4, 0.5) is 0 Å². The van der Waals surface area contributed by atoms with Crippen LogP contribution < -0.4 is 0 Å². The van der Waals surface area contributed by atoms with Gasteiger partial charge in [0.15, 0.2) is 6.10 Å². The van der Waals surface area contributed by atoms with Gasteiger partial charge in [0.2, 0.25) is 5.79 Å². The lowest BCUT2D eigenvalue weighted by Crippen LogP contribution is -2.85. The number of allylic oxidation sites excluding steroid dienone is 1. The van der Waals surface area contributed by atoms with Gasteiger partial charge in [-0.25, -0.2) is 4.79 Å². The Morgan fingerprint density at radius 1 is 0.952 bits per heavy atom. The van der Waals surface area contributed by atoms with E-state index in [-0.39, 0.29) is 25.4 Å². The van der Waals surface area contributed by atoms with Crippen LogP contribution in [-0.4, -0.2) is 107 Å². The van der Waals surface area contributed by atoms with Crippen LogP contribution in [0.5, 0.6) is 0 Å². The zero-order chi connectivity index (χ0) is 30.5. The number of piperidine rings is 2. The molecule has 4 bridgehead atoms. The largest absolute Gasteiger partial charge is 0.453 e. The fourth-order valence-electron chi connectivity index (χ4n) is 11.8. The maximum atomic E-state index is 12.9. The van der Waals surface area contributed by atoms with Gasteiger partial charge in [0, 0.05) is 60.7 Å². The summed E-state index contributed by atoms with van der Waals surface area (Å²) in [5.41, 5.74) is -8.96. The van der Waals surface area contributed by atoms with Gasteiger partial charge in [0.05, 0.1) is 11.7 Å². The molecule has 6 N–H and O–H groups in total. The molecule has 1 spiro atoms. The van der Waals surface area contributed by atoms with E-state index in [4.69, 9.17) is 9.47 Å². The van der Waals surface area contributed by atoms with Crippen molar-refractivity contribution in [2.45, 2.75) is 138 Å². The number of aliphatic hydroxyl groups excluding tert-OH is 1. The van der Waals surface area contributed by atoms with Gasteiger partial charge in [-0.1, -0.05) is 19.9 Å². The third-order valence-electron chi connectivity index (χ3n) is 14.1. The molecule has 0 aromatic carbocycles. The molecule has 0 aromatic heterocycles. The highest BCUT2D eigenvalue weighted by atomic mass is 16.7. The summed E-state index contributed by atoms with van der Waals surface area (Å²) in [4.78, 5) is 14.9. The molecule has 7 fully saturated rings. The minimum absolute atomic E-state index is 0.0606. The molecule has 0 amide bonds. The standard InChI is InChI=1S/C32H49NO9/c1-6-18(3)25(35)41-24-11-12-26(4)19-8-9-20-28(37)13-23(34)31(39)21(29(28,38)16-30(20,26)42-32(19,24)40)15-33-14-17(2)7-10-22(33)27(31,5)36/h6,17,19-24,34,36-40H,7-16H2,1-5H3/b18-6-/t17-,19-,20-,21-,22-,23-,24-,26-,27+,28+,29+,30-,31-,32?/m0/s1. The quantitative estimate of drug-likeness (QED) is 0.202. The Balaban J connectivity index is 1.32. The molecular formula is C32H49NO9. The summed E-state index contributed by atoms with van der Waals surface area (Å²) in [5.74, 6) is -4.05. The average molecular weight is 592 g/mol. The van der Waals surface area contributed by atoms with Crippen LogP contribution >= 0.6 is 0 Å². The summed E-state index contributed by atoms with van der Waals surface area (Å²) in [6, 6.07) is -0.387. The first kappa shape index (κ1) is 29.6. The summed E-state index contributed by atoms with van der Waals surface area (Å²) < 4.78 is 12.6. The third-order valence-corrected chi connectivity index (χ3v) is 14.1. The molecule has 10 nitrogen and oxygen atoms in total. The molecule has 3 aliphatic heterocycles. The summed E-state index contributed by atoms with van der Waals surface area (Å²) in [5, 5.41) is 73.9. The second kappa shape index (κ2) is 8.57. The molecule has 4 saturated carbocycles. The third kappa shape index (κ3) is 3.07. The van der Waals surface area contributed by atoms with Crippen molar-refractivity contribution in [3.05, 3.63) is 11.6 Å². The maximum Gasteiger partial charge on any atom is 0.333 e. The zero-order valence-electron chi connectivity index (χ0n) is 25.5. The first-order valence-electron chi connectivity index (χ1n) is 16.0. The van der Waals surface area contributed by atoms with E-state index in [1.54, 1.807) is 26.8 Å². The SMILES string of the molecule is C/C=C(/C)C(=O)O[C@H]1CC[C@@]2(C)[C@@H]3CC[C@H]4[C@]5(O)C[C@H](O)[C@@]6(O)[C@@H](CN7C[C@@H](C)CC[C@H]7[C@@]6(C)O)[C@]5(O)C[C@]42OC13O. The number of ether oxygens (including phenoxy) is 2. The highest BCUT2D eigenvalue weighted by molar-refractivity contribution is 5.87. The Labute approximate surface area is 247 Å². The molecule has 0 aromatic rings. The Morgan fingerprint density at radius 3 is 2.33 bits per heavy atom. The molecule has 10 heteroatoms. The van der Waals surface area contributed by atoms with Crippen LogP contribution in [0.2, 0.25) is 0 Å². The molecule has 3 saturated heterocycles. The highest BCUT2D eigenvalue weighted by Gasteiger charge is 2.88. The van der Waals surface area contributed by atoms with Crippen molar-refractivity contribution in [3.63, 3.8) is 0 Å². The molecule has 7 rings (SSSR count). The summed E-state index contributed by atoms with van der Waals surface area (Å²) in [6.45, 7) is 10.1. The van der Waals surface area contributed by atoms with Gasteiger partial charge in [-0.05, 0) is 65.2 Å². The summed E-state index contributed by atoms with van der Waals surface area (Å²) in [7, 11) is 0. The minimum Gasteiger partial charge on any atom is -0.453 e. The second-order valence-electron chi connectivity index (χ2n) is 15.7. The van der Waals surface area contributed by atoms with E-state index >= 15 is 0 Å². The van der Waals surface area contributed by atoms with Crippen LogP contribution in [0.15, 0.2) is 11.6 Å². The van der Waals surface area contributed by atoms with E-state index in [1.165, 1.54) is 0 Å². The molecule has 3 heterocycles. The number of nitrogens with zero attached hydrogens (tertiary/aromatic N) is 1. The van der Waals surface area contributed by atoms with Crippen LogP contribution in [0.1, 0.15) is 86.0 Å². The molecule has 4 aliphatic carbocycles. The lowest BCUT2D eigenvalue weighted by Gasteiger charge is -2.68. The maximum absolute atomic E-state index is 12.9. The van der Waals surface area contributed by atoms with Gasteiger partial charge >= 0.3 is 5.97 Å². The van der Waals surface area contributed by atoms with E-state index in [0.717, 1.165) is 6.42 Å². The Kier molecular flexibility index (Phi) is 6.04. The Hall–Kier alpha value is -1.11. The highest BCUT2D eigenvalue weighted by Crippen LogP contribution is 2.78. The van der Waals surface area contributed by atoms with Crippen LogP contribution in [-0.2, 0) is 14.3 Å². The van der Waals surface area contributed by atoms with Gasteiger partial charge in [0.25, 0.3) is 0 Å². The predicted molar refractivity (Wildman–Crippen MR) is 150 cm³/mol. The molecular weight excluding hydrogens is 542 g/mol. The molecule has 7 aliphatic rings. The second-order valence-corrected chi connectivity index (χ2v) is 15.7. The smallest absolute Gasteiger partial charge is 0.333 e. The molecule has 1 unspecified atom stereocenters. The first-order chi connectivity index (χ1) is 19.5. The van der Waals surface area contributed by atoms with Crippen molar-refractivity contribution >= 4 is 5.97 Å². The average Bonchev–Trinajstić information content (AvgIpc) is 3.09. The van der Waals surface area contributed by atoms with Crippen LogP contribution in [0, 0.1) is 29.1 Å². The lowest BCUT2D eigenvalue weighted by molar-refractivity contribution is -0.354. The summed E-state index contributed by atoms with van der Waals surface area (Å²) >= 11 is 0. The molecule has 42 heavy (non-hydrogen) atoms. The number of hydrogen-bond acceptors (Lipinski definition) is 10. The predicted octanol–water partition coefficient (Wildman–Crippen LogP) is 0.991. The van der Waals surface area contributed by atoms with E-state index in [2.05, 4.69) is 11.8 Å². The van der Waals surface area contributed by atoms with E-state index in [0.29, 0.717) is 50.1 Å². The van der Waals surface area contributed by atoms with Crippen molar-refractivity contribution < 1.29 is 44.9 Å². The zero-order valence-corrected chi connectivity index (χ0v) is 25.5. The number of carbonyl (C=O) groups excluding carboxylic acids is 1. The van der Waals surface area contributed by atoms with Crippen LogP contribution in [0.25, 0.3) is 0 Å². The van der Waals surface area contributed by atoms with Gasteiger partial charge < -0.3 is 40.1 Å². The number of rotatable bonds is 2. The number of carbonyl (C=O) groups is 1. The topological polar surface area (TPSA) is 160 Å². The van der Waals surface area contributed by atoms with E-state index in [9.17, 15) is 35.4 Å². The number of fused-ring (bicyclic) bond motifs is 5. The monoisotopic (exact) mass is 591 g/mol. The first-order valence-corrected chi connectivity index (χ1v) is 16.0. The van der Waals surface area contributed by atoms with Crippen molar-refractivity contribution in [2.24, 2.45) is 29.1 Å². The van der Waals surface area contributed by atoms with Gasteiger partial charge in [-0.3, -0.25) is 4.90 Å². The minimum atomic E-state index is -2.06. The van der Waals surface area contributed by atoms with Gasteiger partial charge in [-0.15, -0.1) is 0 Å². The molecule has 236 valence electrons. The number of esters is 1. The number of aliphatic hydroxyl groups is 6. The normalized spacial score (nSPS) is 60.3.